The maximum Gasteiger partial charge on any atom is 0.303 e. The second kappa shape index (κ2) is 6.63. The maximum atomic E-state index is 13.5. The van der Waals surface area contributed by atoms with Gasteiger partial charge < -0.3 is 5.11 Å². The Bertz CT molecular complexity index is 584. The number of carboxylic acids is 1. The lowest BCUT2D eigenvalue weighted by molar-refractivity contribution is -0.156. The van der Waals surface area contributed by atoms with Gasteiger partial charge >= 0.3 is 5.97 Å². The first-order chi connectivity index (χ1) is 12.4. The lowest BCUT2D eigenvalue weighted by atomic mass is 9.44. The summed E-state index contributed by atoms with van der Waals surface area (Å²) in [6.45, 7) is 4.77. The first kappa shape index (κ1) is 18.5. The van der Waals surface area contributed by atoms with E-state index in [0.29, 0.717) is 29.0 Å². The number of hydrogen-bond donors (Lipinski definition) is 1. The normalized spacial score (nSPS) is 47.8. The highest BCUT2D eigenvalue weighted by Crippen LogP contribution is 2.66. The van der Waals surface area contributed by atoms with Gasteiger partial charge in [-0.05, 0) is 86.4 Å². The van der Waals surface area contributed by atoms with Crippen molar-refractivity contribution in [2.45, 2.75) is 90.9 Å². The van der Waals surface area contributed by atoms with Crippen LogP contribution < -0.4 is 0 Å². The second-order valence-electron chi connectivity index (χ2n) is 10.4. The molecule has 4 rings (SSSR count). The summed E-state index contributed by atoms with van der Waals surface area (Å²) in [5.74, 6) is 2.99. The van der Waals surface area contributed by atoms with Crippen molar-refractivity contribution in [3.8, 4) is 0 Å². The number of hydrogen-bond acceptors (Lipinski definition) is 2. The second-order valence-corrected chi connectivity index (χ2v) is 10.4. The van der Waals surface area contributed by atoms with Crippen LogP contribution in [0.15, 0.2) is 0 Å². The smallest absolute Gasteiger partial charge is 0.303 e. The molecule has 7 atom stereocenters. The maximum absolute atomic E-state index is 13.5. The topological polar surface area (TPSA) is 54.4 Å². The van der Waals surface area contributed by atoms with Gasteiger partial charge in [0.1, 0.15) is 5.78 Å². The molecule has 0 aromatic carbocycles. The number of Topliss-reactive ketones (excluding diaryl/α,β-unsaturated/α-hetero) is 1. The van der Waals surface area contributed by atoms with Crippen LogP contribution in [0.2, 0.25) is 0 Å². The molecule has 0 aromatic rings. The highest BCUT2D eigenvalue weighted by atomic mass is 16.4. The standard InChI is InChI=1S/C23H36O3/c1-22-13-4-3-6-15(22)9-11-17-18-12-10-16(7-5-8-21(25)26)23(18,2)20(24)14-19(17)22/h15-19H,3-14H2,1-2H3,(H,25,26)/t15-,16?,17?,18?,19?,22-,23?/m0/s1. The molecule has 4 fully saturated rings. The predicted octanol–water partition coefficient (Wildman–Crippen LogP) is 5.47. The molecule has 4 aliphatic rings. The van der Waals surface area contributed by atoms with E-state index in [-0.39, 0.29) is 11.8 Å². The number of fused-ring (bicyclic) bond motifs is 5. The fraction of sp³-hybridized carbons (Fsp3) is 0.913. The highest BCUT2D eigenvalue weighted by molar-refractivity contribution is 5.87. The van der Waals surface area contributed by atoms with Crippen molar-refractivity contribution in [1.82, 2.24) is 0 Å². The van der Waals surface area contributed by atoms with E-state index in [1.54, 1.807) is 0 Å². The van der Waals surface area contributed by atoms with Crippen LogP contribution in [-0.2, 0) is 9.59 Å². The van der Waals surface area contributed by atoms with Crippen LogP contribution in [0.1, 0.15) is 90.9 Å². The molecule has 4 aliphatic carbocycles. The van der Waals surface area contributed by atoms with Gasteiger partial charge in [-0.3, -0.25) is 9.59 Å². The van der Waals surface area contributed by atoms with Gasteiger partial charge in [0, 0.05) is 18.3 Å². The quantitative estimate of drug-likeness (QED) is 0.723. The van der Waals surface area contributed by atoms with Crippen LogP contribution in [-0.4, -0.2) is 16.9 Å². The van der Waals surface area contributed by atoms with E-state index in [0.717, 1.165) is 37.5 Å². The Morgan fingerprint density at radius 1 is 1.08 bits per heavy atom. The Morgan fingerprint density at radius 3 is 2.65 bits per heavy atom. The molecule has 4 saturated carbocycles. The molecule has 26 heavy (non-hydrogen) atoms. The third-order valence-corrected chi connectivity index (χ3v) is 9.57. The van der Waals surface area contributed by atoms with Crippen molar-refractivity contribution < 1.29 is 14.7 Å². The minimum atomic E-state index is -0.705. The summed E-state index contributed by atoms with van der Waals surface area (Å²) in [5, 5.41) is 8.96. The zero-order chi connectivity index (χ0) is 18.5. The third-order valence-electron chi connectivity index (χ3n) is 9.57. The fourth-order valence-corrected chi connectivity index (χ4v) is 8.08. The molecule has 0 aromatic heterocycles. The van der Waals surface area contributed by atoms with Crippen molar-refractivity contribution >= 4 is 11.8 Å². The molecular weight excluding hydrogens is 324 g/mol. The molecule has 0 heterocycles. The van der Waals surface area contributed by atoms with Crippen LogP contribution in [0, 0.1) is 40.4 Å². The van der Waals surface area contributed by atoms with Gasteiger partial charge in [-0.2, -0.15) is 0 Å². The van der Waals surface area contributed by atoms with Gasteiger partial charge in [-0.1, -0.05) is 26.7 Å². The van der Waals surface area contributed by atoms with Crippen LogP contribution >= 0.6 is 0 Å². The van der Waals surface area contributed by atoms with Crippen molar-refractivity contribution in [3.05, 3.63) is 0 Å². The van der Waals surface area contributed by atoms with Crippen molar-refractivity contribution in [3.63, 3.8) is 0 Å². The Morgan fingerprint density at radius 2 is 1.88 bits per heavy atom. The lowest BCUT2D eigenvalue weighted by Crippen LogP contribution is -2.56. The van der Waals surface area contributed by atoms with E-state index in [2.05, 4.69) is 13.8 Å². The lowest BCUT2D eigenvalue weighted by Gasteiger charge is -2.59. The monoisotopic (exact) mass is 360 g/mol. The van der Waals surface area contributed by atoms with E-state index < -0.39 is 5.97 Å². The van der Waals surface area contributed by atoms with E-state index in [4.69, 9.17) is 5.11 Å². The van der Waals surface area contributed by atoms with Crippen molar-refractivity contribution in [2.75, 3.05) is 0 Å². The molecule has 146 valence electrons. The first-order valence-electron chi connectivity index (χ1n) is 11.1. The number of aliphatic carboxylic acids is 1. The largest absolute Gasteiger partial charge is 0.481 e. The van der Waals surface area contributed by atoms with Crippen LogP contribution in [0.3, 0.4) is 0 Å². The van der Waals surface area contributed by atoms with E-state index >= 15 is 0 Å². The summed E-state index contributed by atoms with van der Waals surface area (Å²) >= 11 is 0. The van der Waals surface area contributed by atoms with E-state index in [1.165, 1.54) is 44.9 Å². The molecule has 0 saturated heterocycles. The minimum absolute atomic E-state index is 0.169. The SMILES string of the molecule is CC12C(=O)CC3C(CC[C@@H]4CCCC[C@]34C)C1CCC2CCCC(=O)O. The summed E-state index contributed by atoms with van der Waals surface area (Å²) in [6, 6.07) is 0. The zero-order valence-corrected chi connectivity index (χ0v) is 16.6. The minimum Gasteiger partial charge on any atom is -0.481 e. The highest BCUT2D eigenvalue weighted by Gasteiger charge is 2.62. The number of carbonyl (C=O) groups excluding carboxylic acids is 1. The van der Waals surface area contributed by atoms with Crippen LogP contribution in [0.4, 0.5) is 0 Å². The average Bonchev–Trinajstić information content (AvgIpc) is 2.93. The summed E-state index contributed by atoms with van der Waals surface area (Å²) in [6.07, 6.45) is 13.2. The first-order valence-corrected chi connectivity index (χ1v) is 11.1. The molecule has 1 N–H and O–H groups in total. The van der Waals surface area contributed by atoms with Gasteiger partial charge in [0.2, 0.25) is 0 Å². The summed E-state index contributed by atoms with van der Waals surface area (Å²) in [7, 11) is 0. The summed E-state index contributed by atoms with van der Waals surface area (Å²) in [5.41, 5.74) is 0.233. The summed E-state index contributed by atoms with van der Waals surface area (Å²) < 4.78 is 0. The van der Waals surface area contributed by atoms with E-state index in [9.17, 15) is 9.59 Å². The Kier molecular flexibility index (Phi) is 4.72. The van der Waals surface area contributed by atoms with Crippen molar-refractivity contribution in [2.24, 2.45) is 40.4 Å². The molecule has 0 spiro atoms. The third kappa shape index (κ3) is 2.67. The molecule has 0 bridgehead atoms. The zero-order valence-electron chi connectivity index (χ0n) is 16.6. The molecule has 0 aliphatic heterocycles. The van der Waals surface area contributed by atoms with Gasteiger partial charge in [0.25, 0.3) is 0 Å². The predicted molar refractivity (Wildman–Crippen MR) is 102 cm³/mol. The van der Waals surface area contributed by atoms with Crippen LogP contribution in [0.25, 0.3) is 0 Å². The summed E-state index contributed by atoms with van der Waals surface area (Å²) in [4.78, 5) is 24.4. The average molecular weight is 361 g/mol. The van der Waals surface area contributed by atoms with E-state index in [1.807, 2.05) is 0 Å². The molecule has 3 heteroatoms. The Labute approximate surface area is 158 Å². The molecule has 0 amide bonds. The number of carbonyl (C=O) groups is 2. The molecule has 5 unspecified atom stereocenters. The van der Waals surface area contributed by atoms with Gasteiger partial charge in [0.05, 0.1) is 0 Å². The molecule has 3 nitrogen and oxygen atoms in total. The van der Waals surface area contributed by atoms with Gasteiger partial charge in [-0.15, -0.1) is 0 Å². The number of carboxylic acid groups (broad SMARTS) is 1. The van der Waals surface area contributed by atoms with Crippen molar-refractivity contribution in [1.29, 1.82) is 0 Å². The number of rotatable bonds is 4. The Hall–Kier alpha value is -0.860. The molecular formula is C23H36O3. The van der Waals surface area contributed by atoms with Gasteiger partial charge in [-0.25, -0.2) is 0 Å². The Balaban J connectivity index is 1.55. The van der Waals surface area contributed by atoms with Crippen LogP contribution in [0.5, 0.6) is 0 Å². The number of ketones is 1. The van der Waals surface area contributed by atoms with Gasteiger partial charge in [0.15, 0.2) is 0 Å². The fourth-order valence-electron chi connectivity index (χ4n) is 8.08. The molecule has 0 radical (unpaired) electrons.